The summed E-state index contributed by atoms with van der Waals surface area (Å²) in [5.74, 6) is -1.91. The summed E-state index contributed by atoms with van der Waals surface area (Å²) in [6.45, 7) is 14.8. The number of ether oxygens (including phenoxy) is 2. The standard InChI is InChI=1S/C37H47N3O6/c1-6-10-24-38(22-7-2)35(44)32-37-21-20-36(5,46-37)30(31(37)34(43)40(32)29(25-41)26-14-12-11-13-15-26)33(42)39(23-8-3)27-16-18-28(19-17-27)45-9-4/h7-8,11-19,29-32,41H,2-3,6,9-10,20-25H2,1,4-5H3/t29-,30-,31+,32?,36+,37?/m1/s1. The lowest BCUT2D eigenvalue weighted by Crippen LogP contribution is -2.57. The zero-order valence-electron chi connectivity index (χ0n) is 27.3. The predicted octanol–water partition coefficient (Wildman–Crippen LogP) is 4.92. The van der Waals surface area contributed by atoms with Crippen LogP contribution >= 0.6 is 0 Å². The fourth-order valence-corrected chi connectivity index (χ4v) is 7.86. The lowest BCUT2D eigenvalue weighted by molar-refractivity contribution is -0.154. The van der Waals surface area contributed by atoms with Crippen molar-refractivity contribution in [2.75, 3.05) is 37.7 Å². The van der Waals surface area contributed by atoms with E-state index in [0.717, 1.165) is 12.8 Å². The number of likely N-dealkylation sites (tertiary alicyclic amines) is 1. The van der Waals surface area contributed by atoms with Crippen LogP contribution in [0.2, 0.25) is 0 Å². The number of hydrogen-bond donors (Lipinski definition) is 1. The Kier molecular flexibility index (Phi) is 10.0. The molecule has 2 unspecified atom stereocenters. The van der Waals surface area contributed by atoms with Crippen LogP contribution in [-0.2, 0) is 19.1 Å². The maximum absolute atomic E-state index is 14.9. The molecular weight excluding hydrogens is 582 g/mol. The third kappa shape index (κ3) is 5.64. The van der Waals surface area contributed by atoms with Crippen LogP contribution < -0.4 is 9.64 Å². The molecule has 3 heterocycles. The van der Waals surface area contributed by atoms with Gasteiger partial charge in [-0.3, -0.25) is 14.4 Å². The smallest absolute Gasteiger partial charge is 0.248 e. The first kappa shape index (κ1) is 33.4. The van der Waals surface area contributed by atoms with E-state index in [1.54, 1.807) is 22.0 Å². The molecular formula is C37H47N3O6. The Morgan fingerprint density at radius 1 is 1.07 bits per heavy atom. The second-order valence-electron chi connectivity index (χ2n) is 12.7. The number of benzene rings is 2. The van der Waals surface area contributed by atoms with E-state index >= 15 is 0 Å². The van der Waals surface area contributed by atoms with Gasteiger partial charge in [-0.05, 0) is 62.9 Å². The molecule has 2 aromatic rings. The highest BCUT2D eigenvalue weighted by Gasteiger charge is 2.79. The molecule has 1 N–H and O–H groups in total. The zero-order valence-corrected chi connectivity index (χ0v) is 27.3. The molecule has 2 aromatic carbocycles. The number of fused-ring (bicyclic) bond motifs is 1. The molecule has 3 aliphatic heterocycles. The van der Waals surface area contributed by atoms with Crippen molar-refractivity contribution in [2.45, 2.75) is 69.7 Å². The van der Waals surface area contributed by atoms with Gasteiger partial charge in [-0.2, -0.15) is 0 Å². The van der Waals surface area contributed by atoms with Gasteiger partial charge in [0.05, 0.1) is 36.7 Å². The summed E-state index contributed by atoms with van der Waals surface area (Å²) >= 11 is 0. The number of aliphatic hydroxyl groups is 1. The largest absolute Gasteiger partial charge is 0.494 e. The number of anilines is 1. The quantitative estimate of drug-likeness (QED) is 0.281. The fourth-order valence-electron chi connectivity index (χ4n) is 7.86. The molecule has 0 aromatic heterocycles. The Bertz CT molecular complexity index is 1430. The van der Waals surface area contributed by atoms with Crippen LogP contribution in [-0.4, -0.2) is 82.7 Å². The summed E-state index contributed by atoms with van der Waals surface area (Å²) in [5.41, 5.74) is -0.822. The van der Waals surface area contributed by atoms with Crippen LogP contribution in [0.1, 0.15) is 58.1 Å². The van der Waals surface area contributed by atoms with Gasteiger partial charge >= 0.3 is 0 Å². The number of carbonyl (C=O) groups is 3. The van der Waals surface area contributed by atoms with Gasteiger partial charge < -0.3 is 29.3 Å². The first-order chi connectivity index (χ1) is 22.2. The monoisotopic (exact) mass is 629 g/mol. The van der Waals surface area contributed by atoms with Crippen LogP contribution in [0.25, 0.3) is 0 Å². The molecule has 9 heteroatoms. The van der Waals surface area contributed by atoms with E-state index < -0.39 is 35.1 Å². The summed E-state index contributed by atoms with van der Waals surface area (Å²) in [6, 6.07) is 14.7. The van der Waals surface area contributed by atoms with Crippen LogP contribution in [0.4, 0.5) is 5.69 Å². The van der Waals surface area contributed by atoms with Gasteiger partial charge in [-0.15, -0.1) is 13.2 Å². The lowest BCUT2D eigenvalue weighted by atomic mass is 9.66. The second-order valence-corrected chi connectivity index (χ2v) is 12.7. The zero-order chi connectivity index (χ0) is 33.1. The molecule has 3 fully saturated rings. The van der Waals surface area contributed by atoms with Gasteiger partial charge in [-0.1, -0.05) is 55.8 Å². The van der Waals surface area contributed by atoms with E-state index in [9.17, 15) is 19.5 Å². The van der Waals surface area contributed by atoms with Crippen LogP contribution in [0.3, 0.4) is 0 Å². The van der Waals surface area contributed by atoms with E-state index in [4.69, 9.17) is 9.47 Å². The maximum atomic E-state index is 14.9. The molecule has 46 heavy (non-hydrogen) atoms. The average Bonchev–Trinajstić information content (AvgIpc) is 3.63. The highest BCUT2D eigenvalue weighted by Crippen LogP contribution is 2.64. The second kappa shape index (κ2) is 13.8. The Labute approximate surface area is 272 Å². The van der Waals surface area contributed by atoms with Crippen LogP contribution in [0.5, 0.6) is 5.75 Å². The molecule has 9 nitrogen and oxygen atoms in total. The van der Waals surface area contributed by atoms with Gasteiger partial charge in [0.25, 0.3) is 0 Å². The molecule has 246 valence electrons. The van der Waals surface area contributed by atoms with Crippen molar-refractivity contribution in [1.82, 2.24) is 9.80 Å². The first-order valence-corrected chi connectivity index (χ1v) is 16.4. The summed E-state index contributed by atoms with van der Waals surface area (Å²) in [4.78, 5) is 49.2. The minimum absolute atomic E-state index is 0.229. The Morgan fingerprint density at radius 3 is 2.37 bits per heavy atom. The minimum atomic E-state index is -1.23. The average molecular weight is 630 g/mol. The summed E-state index contributed by atoms with van der Waals surface area (Å²) in [7, 11) is 0. The molecule has 3 aliphatic rings. The van der Waals surface area contributed by atoms with E-state index in [-0.39, 0.29) is 30.9 Å². The highest BCUT2D eigenvalue weighted by molar-refractivity contribution is 6.03. The number of amides is 3. The number of unbranched alkanes of at least 4 members (excludes halogenated alkanes) is 1. The van der Waals surface area contributed by atoms with Crippen molar-refractivity contribution in [1.29, 1.82) is 0 Å². The highest BCUT2D eigenvalue weighted by atomic mass is 16.5. The molecule has 1 spiro atoms. The number of rotatable bonds is 15. The third-order valence-electron chi connectivity index (χ3n) is 9.89. The van der Waals surface area contributed by atoms with Gasteiger partial charge in [0.15, 0.2) is 0 Å². The topological polar surface area (TPSA) is 99.6 Å². The number of hydrogen-bond acceptors (Lipinski definition) is 6. The Morgan fingerprint density at radius 2 is 1.76 bits per heavy atom. The molecule has 6 atom stereocenters. The molecule has 3 saturated heterocycles. The Hall–Kier alpha value is -3.95. The maximum Gasteiger partial charge on any atom is 0.248 e. The number of carbonyl (C=O) groups excluding carboxylic acids is 3. The van der Waals surface area contributed by atoms with Gasteiger partial charge in [0, 0.05) is 25.3 Å². The van der Waals surface area contributed by atoms with E-state index in [0.29, 0.717) is 49.5 Å². The summed E-state index contributed by atoms with van der Waals surface area (Å²) in [5, 5.41) is 10.8. The predicted molar refractivity (Wildman–Crippen MR) is 177 cm³/mol. The fraction of sp³-hybridized carbons (Fsp3) is 0.486. The van der Waals surface area contributed by atoms with E-state index in [1.807, 2.05) is 68.4 Å². The van der Waals surface area contributed by atoms with Gasteiger partial charge in [0.2, 0.25) is 17.7 Å². The molecule has 2 bridgehead atoms. The van der Waals surface area contributed by atoms with Crippen molar-refractivity contribution in [3.63, 3.8) is 0 Å². The SMILES string of the molecule is C=CCN(CCCC)C(=O)C1N([C@H](CO)c2ccccc2)C(=O)[C@@H]2[C@H](C(=O)N(CC=C)c3ccc(OCC)cc3)[C@]3(C)CCC12O3. The van der Waals surface area contributed by atoms with E-state index in [1.165, 1.54) is 4.90 Å². The van der Waals surface area contributed by atoms with Gasteiger partial charge in [0.1, 0.15) is 17.4 Å². The molecule has 5 rings (SSSR count). The molecule has 0 aliphatic carbocycles. The van der Waals surface area contributed by atoms with Crippen LogP contribution in [0, 0.1) is 11.8 Å². The third-order valence-corrected chi connectivity index (χ3v) is 9.89. The first-order valence-electron chi connectivity index (χ1n) is 16.4. The summed E-state index contributed by atoms with van der Waals surface area (Å²) < 4.78 is 12.5. The van der Waals surface area contributed by atoms with Gasteiger partial charge in [-0.25, -0.2) is 0 Å². The van der Waals surface area contributed by atoms with Crippen molar-refractivity contribution in [2.24, 2.45) is 11.8 Å². The number of aliphatic hydroxyl groups excluding tert-OH is 1. The summed E-state index contributed by atoms with van der Waals surface area (Å²) in [6.07, 6.45) is 5.99. The van der Waals surface area contributed by atoms with Crippen molar-refractivity contribution < 1.29 is 29.0 Å². The normalized spacial score (nSPS) is 26.8. The molecule has 0 radical (unpaired) electrons. The number of nitrogens with zero attached hydrogens (tertiary/aromatic N) is 3. The van der Waals surface area contributed by atoms with Crippen molar-refractivity contribution in [3.8, 4) is 5.75 Å². The van der Waals surface area contributed by atoms with E-state index in [2.05, 4.69) is 20.1 Å². The lowest BCUT2D eigenvalue weighted by Gasteiger charge is -2.39. The molecule has 0 saturated carbocycles. The Balaban J connectivity index is 1.61. The van der Waals surface area contributed by atoms with Crippen LogP contribution in [0.15, 0.2) is 79.9 Å². The van der Waals surface area contributed by atoms with Crippen molar-refractivity contribution >= 4 is 23.4 Å². The minimum Gasteiger partial charge on any atom is -0.494 e. The van der Waals surface area contributed by atoms with Crippen molar-refractivity contribution in [3.05, 3.63) is 85.5 Å². The molecule has 3 amide bonds.